The highest BCUT2D eigenvalue weighted by Gasteiger charge is 2.29. The van der Waals surface area contributed by atoms with E-state index in [1.165, 1.54) is 0 Å². The molecule has 0 bridgehead atoms. The average Bonchev–Trinajstić information content (AvgIpc) is 3.06. The number of guanidine groups is 1. The van der Waals surface area contributed by atoms with E-state index in [1.807, 2.05) is 27.8 Å². The number of likely N-dealkylation sites (N-methyl/N-ethyl adjacent to an activating group) is 1. The first-order chi connectivity index (χ1) is 13.6. The van der Waals surface area contributed by atoms with Crippen LogP contribution in [-0.4, -0.2) is 104 Å². The second-order valence-corrected chi connectivity index (χ2v) is 9.66. The molecule has 0 saturated carbocycles. The second kappa shape index (κ2) is 10.5. The van der Waals surface area contributed by atoms with E-state index in [0.717, 1.165) is 58.2 Å². The summed E-state index contributed by atoms with van der Waals surface area (Å²) in [5.41, 5.74) is -0.477. The summed E-state index contributed by atoms with van der Waals surface area (Å²) < 4.78 is 5.38. The quantitative estimate of drug-likeness (QED) is 0.528. The van der Waals surface area contributed by atoms with Crippen molar-refractivity contribution in [2.24, 2.45) is 10.9 Å². The molecule has 0 radical (unpaired) electrons. The number of carbonyl (C=O) groups excluding carboxylic acids is 1. The number of piperazine rings is 1. The number of ether oxygens (including phenoxy) is 1. The van der Waals surface area contributed by atoms with Gasteiger partial charge in [0.2, 0.25) is 0 Å². The number of likely N-dealkylation sites (tertiary alicyclic amines) is 1. The average molecular weight is 411 g/mol. The molecule has 29 heavy (non-hydrogen) atoms. The normalized spacial score (nSPS) is 23.4. The molecule has 2 saturated heterocycles. The molecule has 2 heterocycles. The van der Waals surface area contributed by atoms with Gasteiger partial charge in [0.25, 0.3) is 0 Å². The Balaban J connectivity index is 1.84. The summed E-state index contributed by atoms with van der Waals surface area (Å²) in [6.45, 7) is 17.2. The molecule has 0 spiro atoms. The summed E-state index contributed by atoms with van der Waals surface area (Å²) in [6.07, 6.45) is 0.550. The summed E-state index contributed by atoms with van der Waals surface area (Å²) >= 11 is 0. The molecule has 0 aromatic carbocycles. The van der Waals surface area contributed by atoms with E-state index in [4.69, 9.17) is 4.74 Å². The predicted octanol–water partition coefficient (Wildman–Crippen LogP) is 1.43. The maximum absolute atomic E-state index is 12.0. The monoisotopic (exact) mass is 410 g/mol. The third-order valence-corrected chi connectivity index (χ3v) is 5.67. The number of nitrogens with one attached hydrogen (secondary N) is 2. The van der Waals surface area contributed by atoms with Gasteiger partial charge in [0.15, 0.2) is 5.96 Å². The standard InChI is InChI=1S/C21H42N6O2/c1-16(2)18(26-12-10-25(7)11-13-26)14-23-19(22-6)27-9-8-17(15-27)24-20(28)29-21(3,4)5/h16-18H,8-15H2,1-7H3,(H,22,23)(H,24,28). The Morgan fingerprint density at radius 3 is 2.38 bits per heavy atom. The van der Waals surface area contributed by atoms with Gasteiger partial charge in [-0.05, 0) is 40.2 Å². The van der Waals surface area contributed by atoms with E-state index in [0.29, 0.717) is 12.0 Å². The molecule has 2 fully saturated rings. The van der Waals surface area contributed by atoms with Gasteiger partial charge in [0.1, 0.15) is 5.60 Å². The van der Waals surface area contributed by atoms with E-state index in [-0.39, 0.29) is 12.1 Å². The zero-order valence-electron chi connectivity index (χ0n) is 19.5. The Hall–Kier alpha value is -1.54. The maximum atomic E-state index is 12.0. The molecule has 2 atom stereocenters. The van der Waals surface area contributed by atoms with Crippen LogP contribution in [-0.2, 0) is 4.74 Å². The van der Waals surface area contributed by atoms with Crippen LogP contribution in [0.2, 0.25) is 0 Å². The third-order valence-electron chi connectivity index (χ3n) is 5.67. The fourth-order valence-corrected chi connectivity index (χ4v) is 4.01. The fourth-order valence-electron chi connectivity index (χ4n) is 4.01. The second-order valence-electron chi connectivity index (χ2n) is 9.66. The number of nitrogens with zero attached hydrogens (tertiary/aromatic N) is 4. The van der Waals surface area contributed by atoms with Crippen molar-refractivity contribution in [3.05, 3.63) is 0 Å². The van der Waals surface area contributed by atoms with Gasteiger partial charge in [-0.1, -0.05) is 13.8 Å². The smallest absolute Gasteiger partial charge is 0.407 e. The van der Waals surface area contributed by atoms with Crippen molar-refractivity contribution < 1.29 is 9.53 Å². The molecule has 2 aliphatic rings. The minimum atomic E-state index is -0.477. The Morgan fingerprint density at radius 2 is 1.83 bits per heavy atom. The highest BCUT2D eigenvalue weighted by atomic mass is 16.6. The van der Waals surface area contributed by atoms with Crippen molar-refractivity contribution in [2.45, 2.75) is 58.7 Å². The van der Waals surface area contributed by atoms with Crippen LogP contribution >= 0.6 is 0 Å². The lowest BCUT2D eigenvalue weighted by molar-refractivity contribution is 0.0507. The van der Waals surface area contributed by atoms with Gasteiger partial charge in [-0.15, -0.1) is 0 Å². The Morgan fingerprint density at radius 1 is 1.17 bits per heavy atom. The maximum Gasteiger partial charge on any atom is 0.407 e. The number of alkyl carbamates (subject to hydrolysis) is 1. The summed E-state index contributed by atoms with van der Waals surface area (Å²) in [5, 5.41) is 6.57. The molecular formula is C21H42N6O2. The number of aliphatic imine (C=N–C) groups is 1. The van der Waals surface area contributed by atoms with E-state index in [9.17, 15) is 4.79 Å². The van der Waals surface area contributed by atoms with Crippen LogP contribution in [0.3, 0.4) is 0 Å². The summed E-state index contributed by atoms with van der Waals surface area (Å²) in [5.74, 6) is 1.49. The van der Waals surface area contributed by atoms with E-state index < -0.39 is 5.60 Å². The van der Waals surface area contributed by atoms with Gasteiger partial charge < -0.3 is 25.2 Å². The topological polar surface area (TPSA) is 72.4 Å². The van der Waals surface area contributed by atoms with Gasteiger partial charge in [0.05, 0.1) is 6.04 Å². The van der Waals surface area contributed by atoms with Crippen molar-refractivity contribution in [1.29, 1.82) is 0 Å². The zero-order valence-corrected chi connectivity index (χ0v) is 19.5. The van der Waals surface area contributed by atoms with Crippen molar-refractivity contribution in [1.82, 2.24) is 25.3 Å². The fraction of sp³-hybridized carbons (Fsp3) is 0.905. The van der Waals surface area contributed by atoms with Crippen LogP contribution in [0.15, 0.2) is 4.99 Å². The minimum absolute atomic E-state index is 0.0851. The zero-order chi connectivity index (χ0) is 21.6. The van der Waals surface area contributed by atoms with Crippen LogP contribution in [0.25, 0.3) is 0 Å². The van der Waals surface area contributed by atoms with Crippen molar-refractivity contribution in [3.63, 3.8) is 0 Å². The number of hydrogen-bond donors (Lipinski definition) is 2. The van der Waals surface area contributed by atoms with Crippen LogP contribution in [0.4, 0.5) is 4.79 Å². The Bertz CT molecular complexity index is 552. The minimum Gasteiger partial charge on any atom is -0.444 e. The highest BCUT2D eigenvalue weighted by Crippen LogP contribution is 2.15. The molecular weight excluding hydrogens is 368 g/mol. The first-order valence-electron chi connectivity index (χ1n) is 11.0. The number of rotatable bonds is 5. The lowest BCUT2D eigenvalue weighted by Crippen LogP contribution is -2.55. The first-order valence-corrected chi connectivity index (χ1v) is 11.0. The van der Waals surface area contributed by atoms with Gasteiger partial charge in [-0.2, -0.15) is 0 Å². The molecule has 2 unspecified atom stereocenters. The summed E-state index contributed by atoms with van der Waals surface area (Å²) in [7, 11) is 4.02. The van der Waals surface area contributed by atoms with Crippen LogP contribution in [0.5, 0.6) is 0 Å². The molecule has 0 aromatic heterocycles. The molecule has 0 aromatic rings. The first kappa shape index (κ1) is 23.7. The van der Waals surface area contributed by atoms with E-state index in [1.54, 1.807) is 0 Å². The number of hydrogen-bond acceptors (Lipinski definition) is 5. The molecule has 8 nitrogen and oxygen atoms in total. The van der Waals surface area contributed by atoms with Gasteiger partial charge in [-0.3, -0.25) is 9.89 Å². The van der Waals surface area contributed by atoms with E-state index in [2.05, 4.69) is 51.2 Å². The van der Waals surface area contributed by atoms with Crippen molar-refractivity contribution in [2.75, 3.05) is 59.9 Å². The van der Waals surface area contributed by atoms with E-state index >= 15 is 0 Å². The lowest BCUT2D eigenvalue weighted by atomic mass is 10.0. The van der Waals surface area contributed by atoms with Gasteiger partial charge in [0, 0.05) is 58.9 Å². The third kappa shape index (κ3) is 7.66. The summed E-state index contributed by atoms with van der Waals surface area (Å²) in [6, 6.07) is 0.570. The Labute approximate surface area is 177 Å². The molecule has 1 amide bonds. The molecule has 0 aliphatic carbocycles. The SMILES string of the molecule is CN=C(NCC(C(C)C)N1CCN(C)CC1)N1CCC(NC(=O)OC(C)(C)C)C1. The number of carbonyl (C=O) groups is 1. The van der Waals surface area contributed by atoms with Gasteiger partial charge >= 0.3 is 6.09 Å². The van der Waals surface area contributed by atoms with Gasteiger partial charge in [-0.25, -0.2) is 4.79 Å². The summed E-state index contributed by atoms with van der Waals surface area (Å²) in [4.78, 5) is 23.8. The number of amides is 1. The largest absolute Gasteiger partial charge is 0.444 e. The molecule has 2 rings (SSSR count). The lowest BCUT2D eigenvalue weighted by Gasteiger charge is -2.40. The molecule has 2 aliphatic heterocycles. The van der Waals surface area contributed by atoms with Crippen LogP contribution in [0, 0.1) is 5.92 Å². The van der Waals surface area contributed by atoms with Crippen molar-refractivity contribution in [3.8, 4) is 0 Å². The predicted molar refractivity (Wildman–Crippen MR) is 118 cm³/mol. The van der Waals surface area contributed by atoms with Crippen LogP contribution < -0.4 is 10.6 Å². The van der Waals surface area contributed by atoms with Crippen LogP contribution in [0.1, 0.15) is 41.0 Å². The highest BCUT2D eigenvalue weighted by molar-refractivity contribution is 5.80. The Kier molecular flexibility index (Phi) is 8.58. The molecule has 8 heteroatoms. The molecule has 2 N–H and O–H groups in total. The molecule has 168 valence electrons. The van der Waals surface area contributed by atoms with Crippen molar-refractivity contribution >= 4 is 12.1 Å².